The molecule has 1 aromatic heterocycles. The van der Waals surface area contributed by atoms with Crippen LogP contribution in [0.5, 0.6) is 5.75 Å². The number of benzene rings is 6. The van der Waals surface area contributed by atoms with Crippen LogP contribution in [0.4, 0.5) is 22.7 Å². The van der Waals surface area contributed by atoms with Crippen LogP contribution in [0.15, 0.2) is 146 Å². The molecule has 0 unspecified atom stereocenters. The van der Waals surface area contributed by atoms with Crippen molar-refractivity contribution in [3.05, 3.63) is 162 Å². The van der Waals surface area contributed by atoms with Crippen LogP contribution in [0.25, 0.3) is 33.3 Å². The number of nitrogens with zero attached hydrogens (tertiary/aromatic N) is 2. The maximum absolute atomic E-state index is 7.40. The third-order valence-corrected chi connectivity index (χ3v) is 9.92. The number of ether oxygens (including phenoxy) is 1. The molecule has 1 aliphatic carbocycles. The molecule has 0 atom stereocenters. The van der Waals surface area contributed by atoms with Gasteiger partial charge in [0.2, 0.25) is 0 Å². The molecule has 7 aromatic rings. The smallest absolute Gasteiger partial charge is 0.188 e. The fourth-order valence-electron chi connectivity index (χ4n) is 7.92. The van der Waals surface area contributed by atoms with Crippen molar-refractivity contribution in [2.75, 3.05) is 22.9 Å². The molecule has 47 heavy (non-hydrogen) atoms. The highest BCUT2D eigenvalue weighted by molar-refractivity contribution is 5.99. The van der Waals surface area contributed by atoms with Gasteiger partial charge in [-0.3, -0.25) is 0 Å². The molecule has 0 fully saturated rings. The lowest BCUT2D eigenvalue weighted by atomic mass is 9.79. The lowest BCUT2D eigenvalue weighted by Gasteiger charge is -2.38. The van der Waals surface area contributed by atoms with Crippen molar-refractivity contribution in [2.24, 2.45) is 0 Å². The van der Waals surface area contributed by atoms with Crippen molar-refractivity contribution in [2.45, 2.75) is 19.4 Å². The van der Waals surface area contributed by atoms with Gasteiger partial charge in [0.15, 0.2) is 5.60 Å². The lowest BCUT2D eigenvalue weighted by Crippen LogP contribution is -2.36. The van der Waals surface area contributed by atoms with E-state index in [2.05, 4.69) is 174 Å². The van der Waals surface area contributed by atoms with Crippen LogP contribution < -0.4 is 14.5 Å². The number of hydrogen-bond acceptors (Lipinski definition) is 3. The first-order valence-electron chi connectivity index (χ1n) is 16.6. The van der Waals surface area contributed by atoms with E-state index in [1.54, 1.807) is 0 Å². The molecule has 1 N–H and O–H groups in total. The molecule has 0 radical (unpaired) electrons. The number of aromatic nitrogens is 1. The molecule has 6 aromatic carbocycles. The highest BCUT2D eigenvalue weighted by Gasteiger charge is 2.52. The number of para-hydroxylation sites is 4. The average Bonchev–Trinajstić information content (AvgIpc) is 3.65. The van der Waals surface area contributed by atoms with Gasteiger partial charge in [0, 0.05) is 69.0 Å². The molecule has 1 spiro atoms. The summed E-state index contributed by atoms with van der Waals surface area (Å²) in [6.07, 6.45) is 0. The number of fused-ring (bicyclic) bond motifs is 11. The summed E-state index contributed by atoms with van der Waals surface area (Å²) in [5.74, 6) is 0.887. The molecular weight excluding hydrogens is 574 g/mol. The monoisotopic (exact) mass is 609 g/mol. The van der Waals surface area contributed by atoms with Gasteiger partial charge < -0.3 is 19.5 Å². The third kappa shape index (κ3) is 4.01. The molecule has 0 saturated heterocycles. The Kier molecular flexibility index (Phi) is 6.26. The fraction of sp³-hybridized carbons (Fsp3) is 0.116. The van der Waals surface area contributed by atoms with Gasteiger partial charge in [-0.25, -0.2) is 0 Å². The number of aromatic amines is 1. The van der Waals surface area contributed by atoms with Gasteiger partial charge in [-0.1, -0.05) is 78.9 Å². The topological polar surface area (TPSA) is 31.5 Å². The van der Waals surface area contributed by atoms with Gasteiger partial charge in [-0.15, -0.1) is 0 Å². The Labute approximate surface area is 275 Å². The maximum atomic E-state index is 7.40. The zero-order chi connectivity index (χ0) is 31.5. The molecule has 4 heteroatoms. The number of H-pyrrole nitrogens is 1. The van der Waals surface area contributed by atoms with Crippen molar-refractivity contribution in [3.63, 3.8) is 0 Å². The van der Waals surface area contributed by atoms with Crippen molar-refractivity contribution < 1.29 is 4.74 Å². The molecule has 4 nitrogen and oxygen atoms in total. The van der Waals surface area contributed by atoms with Gasteiger partial charge in [-0.2, -0.15) is 0 Å². The normalized spacial score (nSPS) is 13.4. The summed E-state index contributed by atoms with van der Waals surface area (Å²) in [5, 5.41) is 1.18. The first-order valence-corrected chi connectivity index (χ1v) is 16.6. The van der Waals surface area contributed by atoms with Crippen LogP contribution in [0, 0.1) is 0 Å². The second-order valence-electron chi connectivity index (χ2n) is 12.3. The second kappa shape index (κ2) is 10.7. The number of anilines is 4. The molecule has 0 bridgehead atoms. The van der Waals surface area contributed by atoms with Crippen LogP contribution >= 0.6 is 0 Å². The van der Waals surface area contributed by atoms with Gasteiger partial charge >= 0.3 is 0 Å². The van der Waals surface area contributed by atoms with E-state index in [-0.39, 0.29) is 0 Å². The summed E-state index contributed by atoms with van der Waals surface area (Å²) in [5.41, 5.74) is 13.1. The zero-order valence-electron chi connectivity index (χ0n) is 26.6. The van der Waals surface area contributed by atoms with E-state index in [1.807, 2.05) is 0 Å². The highest BCUT2D eigenvalue weighted by atomic mass is 16.5. The first-order chi connectivity index (χ1) is 23.2. The Hall–Kier alpha value is -5.74. The minimum atomic E-state index is -0.821. The largest absolute Gasteiger partial charge is 0.472 e. The van der Waals surface area contributed by atoms with E-state index in [4.69, 9.17) is 4.74 Å². The molecule has 2 aliphatic rings. The van der Waals surface area contributed by atoms with Crippen molar-refractivity contribution >= 4 is 33.7 Å². The van der Waals surface area contributed by atoms with Crippen LogP contribution in [-0.4, -0.2) is 18.1 Å². The fourth-order valence-corrected chi connectivity index (χ4v) is 7.92. The third-order valence-electron chi connectivity index (χ3n) is 9.92. The molecular formula is C43H35N3O. The first kappa shape index (κ1) is 27.6. The lowest BCUT2D eigenvalue weighted by molar-refractivity contribution is 0.158. The average molecular weight is 610 g/mol. The Morgan fingerprint density at radius 3 is 1.66 bits per heavy atom. The SMILES string of the molecule is CCN(c1ccccc1)c1ccc2c(c1)-c1cc(N(CC)c3ccccc3)ccc1C21Oc2ccccc2-c2[nH]c3ccccc3c21. The second-order valence-corrected chi connectivity index (χ2v) is 12.3. The number of hydrogen-bond donors (Lipinski definition) is 1. The Balaban J connectivity index is 1.34. The molecule has 0 saturated carbocycles. The Morgan fingerprint density at radius 1 is 0.532 bits per heavy atom. The predicted octanol–water partition coefficient (Wildman–Crippen LogP) is 10.8. The maximum Gasteiger partial charge on any atom is 0.188 e. The molecule has 0 amide bonds. The van der Waals surface area contributed by atoms with E-state index < -0.39 is 5.60 Å². The van der Waals surface area contributed by atoms with Crippen molar-refractivity contribution in [3.8, 4) is 28.1 Å². The quantitative estimate of drug-likeness (QED) is 0.204. The minimum absolute atomic E-state index is 0.821. The van der Waals surface area contributed by atoms with Gasteiger partial charge in [0.25, 0.3) is 0 Å². The molecule has 228 valence electrons. The van der Waals surface area contributed by atoms with Crippen LogP contribution in [0.3, 0.4) is 0 Å². The summed E-state index contributed by atoms with van der Waals surface area (Å²) < 4.78 is 7.40. The van der Waals surface area contributed by atoms with Crippen molar-refractivity contribution in [1.29, 1.82) is 0 Å². The highest BCUT2D eigenvalue weighted by Crippen LogP contribution is 2.61. The van der Waals surface area contributed by atoms with E-state index in [0.29, 0.717) is 0 Å². The van der Waals surface area contributed by atoms with Gasteiger partial charge in [-0.05, 0) is 91.7 Å². The van der Waals surface area contributed by atoms with Crippen LogP contribution in [-0.2, 0) is 5.60 Å². The predicted molar refractivity (Wildman–Crippen MR) is 194 cm³/mol. The van der Waals surface area contributed by atoms with Crippen LogP contribution in [0.1, 0.15) is 30.5 Å². The Morgan fingerprint density at radius 2 is 1.06 bits per heavy atom. The van der Waals surface area contributed by atoms with Gasteiger partial charge in [0.05, 0.1) is 5.69 Å². The Bertz CT molecular complexity index is 2170. The minimum Gasteiger partial charge on any atom is -0.472 e. The van der Waals surface area contributed by atoms with E-state index in [1.165, 1.54) is 44.6 Å². The van der Waals surface area contributed by atoms with Gasteiger partial charge in [0.1, 0.15) is 5.75 Å². The molecule has 2 heterocycles. The van der Waals surface area contributed by atoms with Crippen LogP contribution in [0.2, 0.25) is 0 Å². The summed E-state index contributed by atoms with van der Waals surface area (Å²) in [6, 6.07) is 52.3. The number of nitrogens with one attached hydrogen (secondary N) is 1. The zero-order valence-corrected chi connectivity index (χ0v) is 26.6. The summed E-state index contributed by atoms with van der Waals surface area (Å²) in [4.78, 5) is 8.57. The standard InChI is InChI=1S/C43H35N3O/c1-3-45(29-15-7-5-8-16-29)31-23-25-37-35(27-31)36-28-32(46(4-2)30-17-9-6-10-18-30)24-26-38(36)43(37)41-33-19-11-13-21-39(33)44-42(41)34-20-12-14-22-40(34)47-43/h5-28,44H,3-4H2,1-2H3. The molecule has 9 rings (SSSR count). The summed E-state index contributed by atoms with van der Waals surface area (Å²) >= 11 is 0. The van der Waals surface area contributed by atoms with E-state index >= 15 is 0 Å². The summed E-state index contributed by atoms with van der Waals surface area (Å²) in [7, 11) is 0. The number of rotatable bonds is 6. The summed E-state index contributed by atoms with van der Waals surface area (Å²) in [6.45, 7) is 6.14. The van der Waals surface area contributed by atoms with E-state index in [9.17, 15) is 0 Å². The van der Waals surface area contributed by atoms with E-state index in [0.717, 1.165) is 47.0 Å². The molecule has 1 aliphatic heterocycles. The van der Waals surface area contributed by atoms with Crippen molar-refractivity contribution in [1.82, 2.24) is 4.98 Å².